The van der Waals surface area contributed by atoms with Gasteiger partial charge in [0, 0.05) is 11.6 Å². The highest BCUT2D eigenvalue weighted by Gasteiger charge is 2.19. The van der Waals surface area contributed by atoms with Gasteiger partial charge in [-0.15, -0.1) is 0 Å². The van der Waals surface area contributed by atoms with Crippen LogP contribution in [-0.2, 0) is 4.74 Å². The van der Waals surface area contributed by atoms with Gasteiger partial charge in [0.15, 0.2) is 11.5 Å². The minimum Gasteiger partial charge on any atom is -0.545 e. The van der Waals surface area contributed by atoms with Gasteiger partial charge in [0.25, 0.3) is 0 Å². The van der Waals surface area contributed by atoms with E-state index in [4.69, 9.17) is 14.2 Å². The summed E-state index contributed by atoms with van der Waals surface area (Å²) in [5, 5.41) is 13.5. The highest BCUT2D eigenvalue weighted by molar-refractivity contribution is 5.98. The van der Waals surface area contributed by atoms with Gasteiger partial charge in [-0.1, -0.05) is 0 Å². The summed E-state index contributed by atoms with van der Waals surface area (Å²) in [6.07, 6.45) is -0.780. The monoisotopic (exact) mass is 296 g/mol. The van der Waals surface area contributed by atoms with Crippen molar-refractivity contribution in [2.24, 2.45) is 0 Å². The molecule has 0 saturated carbocycles. The van der Waals surface area contributed by atoms with Crippen LogP contribution in [0, 0.1) is 0 Å². The zero-order chi connectivity index (χ0) is 16.2. The number of anilines is 1. The number of aromatic carboxylic acids is 1. The van der Waals surface area contributed by atoms with Crippen LogP contribution in [-0.4, -0.2) is 31.9 Å². The highest BCUT2D eigenvalue weighted by atomic mass is 16.6. The summed E-state index contributed by atoms with van der Waals surface area (Å²) < 4.78 is 15.1. The first kappa shape index (κ1) is 16.6. The molecule has 7 nitrogen and oxygen atoms in total. The number of carbonyl (C=O) groups excluding carboxylic acids is 2. The Kier molecular flexibility index (Phi) is 5.02. The average molecular weight is 296 g/mol. The van der Waals surface area contributed by atoms with Crippen LogP contribution in [0.25, 0.3) is 0 Å². The van der Waals surface area contributed by atoms with E-state index in [9.17, 15) is 14.7 Å². The number of rotatable bonds is 4. The molecule has 1 N–H and O–H groups in total. The van der Waals surface area contributed by atoms with Crippen LogP contribution in [0.3, 0.4) is 0 Å². The summed E-state index contributed by atoms with van der Waals surface area (Å²) >= 11 is 0. The van der Waals surface area contributed by atoms with Crippen molar-refractivity contribution < 1.29 is 28.9 Å². The second kappa shape index (κ2) is 6.34. The zero-order valence-corrected chi connectivity index (χ0v) is 12.6. The first-order chi connectivity index (χ1) is 9.67. The fourth-order valence-corrected chi connectivity index (χ4v) is 1.56. The van der Waals surface area contributed by atoms with Crippen molar-refractivity contribution in [1.82, 2.24) is 0 Å². The topological polar surface area (TPSA) is 96.9 Å². The number of amides is 1. The second-order valence-electron chi connectivity index (χ2n) is 5.17. The maximum atomic E-state index is 11.7. The summed E-state index contributed by atoms with van der Waals surface area (Å²) in [5.74, 6) is -0.970. The lowest BCUT2D eigenvalue weighted by Gasteiger charge is -2.21. The highest BCUT2D eigenvalue weighted by Crippen LogP contribution is 2.33. The quantitative estimate of drug-likeness (QED) is 0.902. The molecule has 1 rings (SSSR count). The van der Waals surface area contributed by atoms with Crippen LogP contribution in [0.4, 0.5) is 10.5 Å². The van der Waals surface area contributed by atoms with E-state index in [0.29, 0.717) is 0 Å². The molecule has 0 aliphatic heterocycles. The van der Waals surface area contributed by atoms with Gasteiger partial charge in [-0.2, -0.15) is 0 Å². The van der Waals surface area contributed by atoms with Crippen molar-refractivity contribution in [3.05, 3.63) is 17.7 Å². The number of hydrogen-bond acceptors (Lipinski definition) is 6. The van der Waals surface area contributed by atoms with Crippen LogP contribution >= 0.6 is 0 Å². The molecular weight excluding hydrogens is 278 g/mol. The Morgan fingerprint density at radius 3 is 2.05 bits per heavy atom. The molecule has 0 bridgehead atoms. The van der Waals surface area contributed by atoms with Crippen LogP contribution in [0.15, 0.2) is 12.1 Å². The first-order valence-electron chi connectivity index (χ1n) is 6.15. The maximum Gasteiger partial charge on any atom is 0.412 e. The second-order valence-corrected chi connectivity index (χ2v) is 5.17. The van der Waals surface area contributed by atoms with Crippen molar-refractivity contribution >= 4 is 17.7 Å². The molecule has 0 radical (unpaired) electrons. The average Bonchev–Trinajstić information content (AvgIpc) is 2.35. The molecule has 116 valence electrons. The van der Waals surface area contributed by atoms with Gasteiger partial charge in [-0.3, -0.25) is 5.32 Å². The van der Waals surface area contributed by atoms with E-state index in [1.54, 1.807) is 20.8 Å². The number of benzene rings is 1. The maximum absolute atomic E-state index is 11.7. The van der Waals surface area contributed by atoms with Gasteiger partial charge in [0.1, 0.15) is 5.60 Å². The van der Waals surface area contributed by atoms with Gasteiger partial charge in [-0.05, 0) is 26.8 Å². The van der Waals surface area contributed by atoms with Crippen molar-refractivity contribution in [2.45, 2.75) is 26.4 Å². The predicted molar refractivity (Wildman–Crippen MR) is 73.7 cm³/mol. The number of nitrogens with one attached hydrogen (secondary N) is 1. The Balaban J connectivity index is 3.15. The summed E-state index contributed by atoms with van der Waals surface area (Å²) in [7, 11) is 2.77. The van der Waals surface area contributed by atoms with Crippen LogP contribution in [0.1, 0.15) is 31.1 Å². The Morgan fingerprint density at radius 1 is 1.10 bits per heavy atom. The molecule has 1 aromatic rings. The summed E-state index contributed by atoms with van der Waals surface area (Å²) in [4.78, 5) is 22.9. The third-order valence-corrected chi connectivity index (χ3v) is 2.38. The lowest BCUT2D eigenvalue weighted by atomic mass is 10.1. The summed E-state index contributed by atoms with van der Waals surface area (Å²) in [5.41, 5.74) is -0.942. The van der Waals surface area contributed by atoms with E-state index in [2.05, 4.69) is 5.32 Å². The number of methoxy groups -OCH3 is 2. The summed E-state index contributed by atoms with van der Waals surface area (Å²) in [6.45, 7) is 5.09. The zero-order valence-electron chi connectivity index (χ0n) is 12.6. The lowest BCUT2D eigenvalue weighted by molar-refractivity contribution is -0.254. The van der Waals surface area contributed by atoms with Gasteiger partial charge in [0.2, 0.25) is 0 Å². The molecule has 7 heteroatoms. The molecule has 21 heavy (non-hydrogen) atoms. The van der Waals surface area contributed by atoms with Crippen molar-refractivity contribution in [3.8, 4) is 11.5 Å². The van der Waals surface area contributed by atoms with Crippen LogP contribution in [0.5, 0.6) is 11.5 Å². The van der Waals surface area contributed by atoms with E-state index in [1.165, 1.54) is 26.4 Å². The minimum absolute atomic E-state index is 0.00176. The van der Waals surface area contributed by atoms with E-state index < -0.39 is 17.7 Å². The number of hydrogen-bond donors (Lipinski definition) is 1. The Bertz CT molecular complexity index is 547. The molecule has 0 aromatic heterocycles. The third kappa shape index (κ3) is 4.55. The van der Waals surface area contributed by atoms with Gasteiger partial charge < -0.3 is 24.1 Å². The van der Waals surface area contributed by atoms with E-state index >= 15 is 0 Å². The SMILES string of the molecule is COc1cc(NC(=O)OC(C)(C)C)c(C(=O)[O-])cc1OC. The number of carboxylic acid groups (broad SMARTS) is 1. The van der Waals surface area contributed by atoms with Gasteiger partial charge in [0.05, 0.1) is 25.9 Å². The van der Waals surface area contributed by atoms with Crippen molar-refractivity contribution in [3.63, 3.8) is 0 Å². The van der Waals surface area contributed by atoms with Crippen LogP contribution < -0.4 is 19.9 Å². The molecule has 0 atom stereocenters. The fourth-order valence-electron chi connectivity index (χ4n) is 1.56. The molecule has 0 aliphatic rings. The molecule has 0 aliphatic carbocycles. The Morgan fingerprint density at radius 2 is 1.62 bits per heavy atom. The van der Waals surface area contributed by atoms with Crippen molar-refractivity contribution in [2.75, 3.05) is 19.5 Å². The molecule has 1 aromatic carbocycles. The van der Waals surface area contributed by atoms with Crippen molar-refractivity contribution in [1.29, 1.82) is 0 Å². The molecule has 0 fully saturated rings. The van der Waals surface area contributed by atoms with E-state index in [1.807, 2.05) is 0 Å². The number of carboxylic acids is 1. The normalized spacial score (nSPS) is 10.7. The smallest absolute Gasteiger partial charge is 0.412 e. The van der Waals surface area contributed by atoms with E-state index in [0.717, 1.165) is 0 Å². The molecular formula is C14H18NO6-. The summed E-state index contributed by atoms with van der Waals surface area (Å²) in [6, 6.07) is 2.54. The van der Waals surface area contributed by atoms with Crippen LogP contribution in [0.2, 0.25) is 0 Å². The van der Waals surface area contributed by atoms with Gasteiger partial charge >= 0.3 is 6.09 Å². The van der Waals surface area contributed by atoms with Gasteiger partial charge in [-0.25, -0.2) is 4.79 Å². The standard InChI is InChI=1S/C14H19NO6/c1-14(2,3)21-13(18)15-9-7-11(20-5)10(19-4)6-8(9)12(16)17/h6-7H,1-5H3,(H,15,18)(H,16,17)/p-1. The molecule has 0 spiro atoms. The molecule has 0 saturated heterocycles. The first-order valence-corrected chi connectivity index (χ1v) is 6.15. The Labute approximate surface area is 122 Å². The third-order valence-electron chi connectivity index (χ3n) is 2.38. The minimum atomic E-state index is -1.46. The largest absolute Gasteiger partial charge is 0.545 e. The Hall–Kier alpha value is -2.44. The molecule has 0 heterocycles. The predicted octanol–water partition coefficient (Wildman–Crippen LogP) is 1.41. The number of carbonyl (C=O) groups is 2. The molecule has 0 unspecified atom stereocenters. The fraction of sp³-hybridized carbons (Fsp3) is 0.429. The lowest BCUT2D eigenvalue weighted by Crippen LogP contribution is -2.29. The number of ether oxygens (including phenoxy) is 3. The van der Waals surface area contributed by atoms with E-state index in [-0.39, 0.29) is 22.7 Å². The molecule has 1 amide bonds.